The maximum Gasteiger partial charge on any atom is 0.0975 e. The van der Waals surface area contributed by atoms with Gasteiger partial charge in [0.05, 0.1) is 23.3 Å². The van der Waals surface area contributed by atoms with Gasteiger partial charge in [0.1, 0.15) is 0 Å². The predicted octanol–water partition coefficient (Wildman–Crippen LogP) is 3.72. The Bertz CT molecular complexity index is 441. The maximum absolute atomic E-state index is 9.37. The summed E-state index contributed by atoms with van der Waals surface area (Å²) in [7, 11) is 0. The summed E-state index contributed by atoms with van der Waals surface area (Å²) in [5.41, 5.74) is 2.93. The van der Waals surface area contributed by atoms with E-state index >= 15 is 0 Å². The molecule has 0 unspecified atom stereocenters. The Balaban J connectivity index is 3.34. The van der Waals surface area contributed by atoms with Gasteiger partial charge >= 0.3 is 0 Å². The molecule has 0 amide bonds. The van der Waals surface area contributed by atoms with Crippen molar-refractivity contribution in [3.8, 4) is 12.1 Å². The smallest absolute Gasteiger partial charge is 0.0975 e. The molecular weight excluding hydrogens is 222 g/mol. The first kappa shape index (κ1) is 14.3. The molecule has 0 atom stereocenters. The van der Waals surface area contributed by atoms with E-state index in [1.807, 2.05) is 27.7 Å². The third-order valence-electron chi connectivity index (χ3n) is 3.74. The normalized spacial score (nSPS) is 18.7. The van der Waals surface area contributed by atoms with Crippen LogP contribution in [0, 0.1) is 28.1 Å². The average molecular weight is 243 g/mol. The number of allylic oxidation sites excluding steroid dienone is 4. The molecule has 0 aromatic rings. The van der Waals surface area contributed by atoms with Crippen molar-refractivity contribution in [1.82, 2.24) is 4.90 Å². The fourth-order valence-corrected chi connectivity index (χ4v) is 2.64. The second kappa shape index (κ2) is 5.27. The van der Waals surface area contributed by atoms with Crippen LogP contribution in [0.4, 0.5) is 0 Å². The van der Waals surface area contributed by atoms with Gasteiger partial charge in [-0.1, -0.05) is 27.2 Å². The molecule has 3 nitrogen and oxygen atoms in total. The summed E-state index contributed by atoms with van der Waals surface area (Å²) in [6.45, 7) is 10.9. The second-order valence-corrected chi connectivity index (χ2v) is 5.27. The van der Waals surface area contributed by atoms with Crippen LogP contribution in [0.2, 0.25) is 0 Å². The van der Waals surface area contributed by atoms with Crippen LogP contribution in [0.3, 0.4) is 0 Å². The second-order valence-electron chi connectivity index (χ2n) is 5.27. The van der Waals surface area contributed by atoms with Gasteiger partial charge in [0.2, 0.25) is 0 Å². The van der Waals surface area contributed by atoms with Crippen molar-refractivity contribution in [3.63, 3.8) is 0 Å². The van der Waals surface area contributed by atoms with Crippen LogP contribution in [0.15, 0.2) is 22.5 Å². The Hall–Kier alpha value is -1.74. The lowest BCUT2D eigenvalue weighted by atomic mass is 9.74. The van der Waals surface area contributed by atoms with Crippen molar-refractivity contribution in [2.24, 2.45) is 5.41 Å². The van der Waals surface area contributed by atoms with Gasteiger partial charge in [-0.25, -0.2) is 0 Å². The molecule has 0 N–H and O–H groups in total. The first-order valence-corrected chi connectivity index (χ1v) is 6.42. The van der Waals surface area contributed by atoms with E-state index in [1.165, 1.54) is 0 Å². The Labute approximate surface area is 110 Å². The van der Waals surface area contributed by atoms with E-state index in [0.29, 0.717) is 11.1 Å². The van der Waals surface area contributed by atoms with Crippen LogP contribution in [0.1, 0.15) is 47.5 Å². The molecule has 1 aliphatic heterocycles. The van der Waals surface area contributed by atoms with Crippen LogP contribution >= 0.6 is 0 Å². The highest BCUT2D eigenvalue weighted by Gasteiger charge is 2.37. The van der Waals surface area contributed by atoms with Crippen molar-refractivity contribution in [2.75, 3.05) is 6.54 Å². The van der Waals surface area contributed by atoms with Crippen LogP contribution < -0.4 is 0 Å². The lowest BCUT2D eigenvalue weighted by Gasteiger charge is -2.39. The van der Waals surface area contributed by atoms with Gasteiger partial charge in [-0.2, -0.15) is 10.5 Å². The van der Waals surface area contributed by atoms with Gasteiger partial charge < -0.3 is 4.90 Å². The highest BCUT2D eigenvalue weighted by atomic mass is 15.2. The van der Waals surface area contributed by atoms with Gasteiger partial charge in [0.15, 0.2) is 0 Å². The van der Waals surface area contributed by atoms with Gasteiger partial charge in [-0.15, -0.1) is 0 Å². The largest absolute Gasteiger partial charge is 0.347 e. The summed E-state index contributed by atoms with van der Waals surface area (Å²) >= 11 is 0. The monoisotopic (exact) mass is 243 g/mol. The third kappa shape index (κ3) is 2.14. The number of unbranched alkanes of at least 4 members (excludes halogenated alkanes) is 1. The topological polar surface area (TPSA) is 50.8 Å². The Morgan fingerprint density at radius 1 is 1.06 bits per heavy atom. The first-order chi connectivity index (χ1) is 8.41. The number of nitriles is 2. The summed E-state index contributed by atoms with van der Waals surface area (Å²) in [6, 6.07) is 4.58. The van der Waals surface area contributed by atoms with Crippen LogP contribution in [-0.2, 0) is 0 Å². The molecule has 0 aromatic heterocycles. The minimum atomic E-state index is -0.472. The van der Waals surface area contributed by atoms with E-state index in [9.17, 15) is 10.5 Å². The van der Waals surface area contributed by atoms with Gasteiger partial charge in [0.25, 0.3) is 0 Å². The molecule has 18 heavy (non-hydrogen) atoms. The lowest BCUT2D eigenvalue weighted by molar-refractivity contribution is 0.365. The van der Waals surface area contributed by atoms with Crippen LogP contribution in [0.25, 0.3) is 0 Å². The Morgan fingerprint density at radius 2 is 1.50 bits per heavy atom. The highest BCUT2D eigenvalue weighted by Crippen LogP contribution is 2.43. The fraction of sp³-hybridized carbons (Fsp3) is 0.600. The summed E-state index contributed by atoms with van der Waals surface area (Å²) in [5.74, 6) is 0. The fourth-order valence-electron chi connectivity index (χ4n) is 2.64. The summed E-state index contributed by atoms with van der Waals surface area (Å²) in [6.07, 6.45) is 2.16. The maximum atomic E-state index is 9.37. The van der Waals surface area contributed by atoms with E-state index in [-0.39, 0.29) is 0 Å². The molecule has 0 aromatic carbocycles. The molecule has 96 valence electrons. The van der Waals surface area contributed by atoms with E-state index in [4.69, 9.17) is 0 Å². The molecular formula is C15H21N3. The molecule has 3 heteroatoms. The zero-order valence-corrected chi connectivity index (χ0v) is 12.0. The lowest BCUT2D eigenvalue weighted by Crippen LogP contribution is -2.34. The van der Waals surface area contributed by atoms with E-state index in [2.05, 4.69) is 24.0 Å². The summed E-state index contributed by atoms with van der Waals surface area (Å²) in [4.78, 5) is 2.12. The highest BCUT2D eigenvalue weighted by molar-refractivity contribution is 5.50. The molecule has 0 spiro atoms. The van der Waals surface area contributed by atoms with Gasteiger partial charge in [-0.05, 0) is 20.3 Å². The van der Waals surface area contributed by atoms with Crippen molar-refractivity contribution in [2.45, 2.75) is 47.5 Å². The number of hydrogen-bond acceptors (Lipinski definition) is 3. The zero-order chi connectivity index (χ0) is 13.9. The average Bonchev–Trinajstić information content (AvgIpc) is 2.29. The minimum Gasteiger partial charge on any atom is -0.347 e. The summed E-state index contributed by atoms with van der Waals surface area (Å²) in [5, 5.41) is 18.7. The Kier molecular flexibility index (Phi) is 4.19. The SMILES string of the molecule is CCCCN1C(C)=C(C#N)C(C)(C)C(C#N)=C1C. The third-order valence-corrected chi connectivity index (χ3v) is 3.74. The predicted molar refractivity (Wildman–Crippen MR) is 72.0 cm³/mol. The minimum absolute atomic E-state index is 0.472. The molecule has 0 saturated carbocycles. The van der Waals surface area contributed by atoms with Crippen molar-refractivity contribution in [1.29, 1.82) is 10.5 Å². The molecule has 0 saturated heterocycles. The Morgan fingerprint density at radius 3 is 1.83 bits per heavy atom. The van der Waals surface area contributed by atoms with Crippen molar-refractivity contribution in [3.05, 3.63) is 22.5 Å². The number of rotatable bonds is 3. The van der Waals surface area contributed by atoms with E-state index < -0.39 is 5.41 Å². The standard InChI is InChI=1S/C15H21N3/c1-6-7-8-18-11(2)13(9-16)15(4,5)14(10-17)12(18)3/h6-8H2,1-5H3. The number of nitrogens with zero attached hydrogens (tertiary/aromatic N) is 3. The molecule has 1 rings (SSSR count). The molecule has 0 fully saturated rings. The van der Waals surface area contributed by atoms with E-state index in [0.717, 1.165) is 30.8 Å². The number of hydrogen-bond donors (Lipinski definition) is 0. The molecule has 0 radical (unpaired) electrons. The van der Waals surface area contributed by atoms with Gasteiger partial charge in [0, 0.05) is 23.4 Å². The molecule has 0 aliphatic carbocycles. The molecule has 1 aliphatic rings. The van der Waals surface area contributed by atoms with Crippen LogP contribution in [0.5, 0.6) is 0 Å². The van der Waals surface area contributed by atoms with Crippen LogP contribution in [-0.4, -0.2) is 11.4 Å². The molecule has 0 bridgehead atoms. The first-order valence-electron chi connectivity index (χ1n) is 6.42. The zero-order valence-electron chi connectivity index (χ0n) is 12.0. The summed E-state index contributed by atoms with van der Waals surface area (Å²) < 4.78 is 0. The van der Waals surface area contributed by atoms with Crippen molar-refractivity contribution >= 4 is 0 Å². The molecule has 1 heterocycles. The van der Waals surface area contributed by atoms with E-state index in [1.54, 1.807) is 0 Å². The van der Waals surface area contributed by atoms with Crippen molar-refractivity contribution < 1.29 is 0 Å². The van der Waals surface area contributed by atoms with Gasteiger partial charge in [-0.3, -0.25) is 0 Å². The quantitative estimate of drug-likeness (QED) is 0.759.